The van der Waals surface area contributed by atoms with Gasteiger partial charge in [0, 0.05) is 71.0 Å². The van der Waals surface area contributed by atoms with Crippen molar-refractivity contribution in [2.24, 2.45) is 22.2 Å². The number of hydrogen-bond acceptors (Lipinski definition) is 11. The van der Waals surface area contributed by atoms with E-state index in [1.165, 1.54) is 26.4 Å². The molecule has 0 saturated heterocycles. The first-order valence-electron chi connectivity index (χ1n) is 22.3. The molecule has 62 heavy (non-hydrogen) atoms. The molecule has 0 bridgehead atoms. The molecule has 0 aromatic heterocycles. The Hall–Kier alpha value is -4.87. The number of primary amides is 1. The number of nitrogens with one attached hydrogen (secondary N) is 3. The zero-order chi connectivity index (χ0) is 45.2. The highest BCUT2D eigenvalue weighted by molar-refractivity contribution is 6.04. The maximum absolute atomic E-state index is 13.8. The van der Waals surface area contributed by atoms with Crippen molar-refractivity contribution in [3.8, 4) is 11.5 Å². The van der Waals surface area contributed by atoms with Gasteiger partial charge in [-0.05, 0) is 115 Å². The number of benzene rings is 1. The molecule has 3 aliphatic carbocycles. The minimum absolute atomic E-state index is 0.0373. The van der Waals surface area contributed by atoms with Gasteiger partial charge in [0.05, 0.1) is 49.7 Å². The van der Waals surface area contributed by atoms with E-state index in [4.69, 9.17) is 41.1 Å². The van der Waals surface area contributed by atoms with E-state index in [1.54, 1.807) is 6.07 Å². The number of nitrogens with two attached hydrogens (primary N) is 3. The van der Waals surface area contributed by atoms with E-state index in [0.29, 0.717) is 63.5 Å². The van der Waals surface area contributed by atoms with Gasteiger partial charge in [-0.1, -0.05) is 0 Å². The normalized spacial score (nSPS) is 21.2. The number of hydrogen-bond donors (Lipinski definition) is 6. The Balaban J connectivity index is 1.37. The lowest BCUT2D eigenvalue weighted by molar-refractivity contribution is -0.118. The minimum atomic E-state index is -0.648. The molecular weight excluding hydrogens is 795 g/mol. The molecule has 3 aliphatic rings. The molecule has 1 aromatic rings. The van der Waals surface area contributed by atoms with Crippen LogP contribution >= 0.6 is 0 Å². The van der Waals surface area contributed by atoms with Crippen molar-refractivity contribution in [1.29, 1.82) is 0 Å². The van der Waals surface area contributed by atoms with Crippen molar-refractivity contribution in [2.75, 3.05) is 68.7 Å². The highest BCUT2D eigenvalue weighted by Crippen LogP contribution is 2.32. The molecule has 4 rings (SSSR count). The van der Waals surface area contributed by atoms with Gasteiger partial charge in [-0.2, -0.15) is 0 Å². The molecule has 4 amide bonds. The first-order valence-corrected chi connectivity index (χ1v) is 22.3. The van der Waals surface area contributed by atoms with Crippen LogP contribution in [0.5, 0.6) is 11.5 Å². The molecule has 2 saturated carbocycles. The summed E-state index contributed by atoms with van der Waals surface area (Å²) in [4.78, 5) is 62.9. The van der Waals surface area contributed by atoms with Crippen LogP contribution in [0.2, 0.25) is 0 Å². The van der Waals surface area contributed by atoms with Gasteiger partial charge in [0.25, 0.3) is 17.7 Å². The topological polar surface area (TPSA) is 238 Å². The third-order valence-electron chi connectivity index (χ3n) is 11.7. The van der Waals surface area contributed by atoms with Gasteiger partial charge in [0.15, 0.2) is 5.96 Å². The smallest absolute Gasteiger partial charge is 0.255 e. The predicted octanol–water partition coefficient (Wildman–Crippen LogP) is 3.11. The summed E-state index contributed by atoms with van der Waals surface area (Å²) in [5.74, 6) is 0.268. The molecule has 0 aliphatic heterocycles. The summed E-state index contributed by atoms with van der Waals surface area (Å²) in [5.41, 5.74) is 18.1. The molecule has 346 valence electrons. The molecule has 1 unspecified atom stereocenters. The summed E-state index contributed by atoms with van der Waals surface area (Å²) in [5, 5.41) is 9.41. The lowest BCUT2D eigenvalue weighted by Gasteiger charge is -2.31. The summed E-state index contributed by atoms with van der Waals surface area (Å²) in [6.07, 6.45) is 11.9. The number of carbonyl (C=O) groups excluding carboxylic acids is 4. The standard InChI is InChI=1S/C45H73N9O8/c1-53(2)45(54(3)4)52-32-19-17-31(18-20-32)50-43(57)35-26-34(37(59-5)27-38(35)60-6)42(56)49-29-13-15-30(16-14-29)51-44(58)36-25-33(41(48)55)39(61-23-11-7-9-21-46)28-40(36)62-24-12-8-10-22-47/h25-27,29-32,39H,7-24,28,46-47H2,1-6H3,(H2,48,55)(H,49,56)(H,50,57)(H,51,58). The fraction of sp³-hybridized carbons (Fsp3) is 0.667. The number of carbonyl (C=O) groups is 4. The van der Waals surface area contributed by atoms with Crippen molar-refractivity contribution in [1.82, 2.24) is 25.8 Å². The number of guanidine groups is 1. The summed E-state index contributed by atoms with van der Waals surface area (Å²) in [6.45, 7) is 2.02. The van der Waals surface area contributed by atoms with Gasteiger partial charge in [-0.3, -0.25) is 19.2 Å². The first-order chi connectivity index (χ1) is 29.8. The molecule has 0 radical (unpaired) electrons. The maximum Gasteiger partial charge on any atom is 0.255 e. The number of ether oxygens (including phenoxy) is 4. The Morgan fingerprint density at radius 2 is 1.16 bits per heavy atom. The highest BCUT2D eigenvalue weighted by Gasteiger charge is 2.33. The quantitative estimate of drug-likeness (QED) is 0.0560. The van der Waals surface area contributed by atoms with Crippen LogP contribution in [-0.2, 0) is 19.1 Å². The summed E-state index contributed by atoms with van der Waals surface area (Å²) in [7, 11) is 10.9. The Morgan fingerprint density at radius 1 is 0.677 bits per heavy atom. The SMILES string of the molecule is COc1cc(OC)c(C(=O)NC2CCC(NC(=O)C3=C(OCCCCCN)CC(OCCCCCN)C(C(N)=O)=C3)CC2)cc1C(=O)NC1CCC(N=C(N(C)C)N(C)C)CC1. The second kappa shape index (κ2) is 25.3. The van der Waals surface area contributed by atoms with Crippen LogP contribution in [0.25, 0.3) is 0 Å². The Kier molecular flexibility index (Phi) is 20.3. The zero-order valence-electron chi connectivity index (χ0n) is 37.9. The van der Waals surface area contributed by atoms with Crippen molar-refractivity contribution in [2.45, 2.75) is 127 Å². The Morgan fingerprint density at radius 3 is 1.63 bits per heavy atom. The third kappa shape index (κ3) is 14.6. The maximum atomic E-state index is 13.8. The van der Waals surface area contributed by atoms with Crippen LogP contribution in [0.15, 0.2) is 40.1 Å². The van der Waals surface area contributed by atoms with Gasteiger partial charge in [-0.15, -0.1) is 0 Å². The number of rotatable bonds is 22. The van der Waals surface area contributed by atoms with Crippen molar-refractivity contribution < 1.29 is 38.1 Å². The number of nitrogens with zero attached hydrogens (tertiary/aromatic N) is 3. The van der Waals surface area contributed by atoms with E-state index >= 15 is 0 Å². The van der Waals surface area contributed by atoms with E-state index in [2.05, 4.69) is 16.0 Å². The van der Waals surface area contributed by atoms with E-state index in [-0.39, 0.29) is 76.3 Å². The molecule has 2 fully saturated rings. The van der Waals surface area contributed by atoms with E-state index in [9.17, 15) is 19.2 Å². The monoisotopic (exact) mass is 868 g/mol. The molecule has 17 nitrogen and oxygen atoms in total. The second-order valence-corrected chi connectivity index (χ2v) is 16.9. The molecule has 17 heteroatoms. The van der Waals surface area contributed by atoms with Crippen LogP contribution in [-0.4, -0.2) is 138 Å². The lowest BCUT2D eigenvalue weighted by atomic mass is 9.89. The van der Waals surface area contributed by atoms with Gasteiger partial charge >= 0.3 is 0 Å². The number of amides is 4. The highest BCUT2D eigenvalue weighted by atomic mass is 16.5. The predicted molar refractivity (Wildman–Crippen MR) is 240 cm³/mol. The Labute approximate surface area is 367 Å². The Bertz CT molecular complexity index is 1740. The summed E-state index contributed by atoms with van der Waals surface area (Å²) >= 11 is 0. The van der Waals surface area contributed by atoms with Crippen LogP contribution in [0.1, 0.15) is 117 Å². The molecule has 0 spiro atoms. The average Bonchev–Trinajstić information content (AvgIpc) is 3.25. The van der Waals surface area contributed by atoms with E-state index in [1.807, 2.05) is 38.0 Å². The van der Waals surface area contributed by atoms with Crippen LogP contribution in [0.4, 0.5) is 0 Å². The number of methoxy groups -OCH3 is 2. The van der Waals surface area contributed by atoms with Gasteiger partial charge in [0.2, 0.25) is 5.91 Å². The molecule has 9 N–H and O–H groups in total. The molecular formula is C45H73N9O8. The lowest BCUT2D eigenvalue weighted by Crippen LogP contribution is -2.44. The van der Waals surface area contributed by atoms with Crippen LogP contribution in [0, 0.1) is 0 Å². The third-order valence-corrected chi connectivity index (χ3v) is 11.7. The molecule has 0 heterocycles. The van der Waals surface area contributed by atoms with Crippen LogP contribution in [0.3, 0.4) is 0 Å². The second-order valence-electron chi connectivity index (χ2n) is 16.9. The van der Waals surface area contributed by atoms with Gasteiger partial charge in [0.1, 0.15) is 17.3 Å². The van der Waals surface area contributed by atoms with Crippen LogP contribution < -0.4 is 42.6 Å². The van der Waals surface area contributed by atoms with Gasteiger partial charge in [-0.25, -0.2) is 4.99 Å². The largest absolute Gasteiger partial charge is 0.497 e. The molecule has 1 atom stereocenters. The zero-order valence-corrected chi connectivity index (χ0v) is 37.9. The fourth-order valence-electron chi connectivity index (χ4n) is 8.26. The number of unbranched alkanes of at least 4 members (excludes halogenated alkanes) is 4. The fourth-order valence-corrected chi connectivity index (χ4v) is 8.26. The average molecular weight is 868 g/mol. The van der Waals surface area contributed by atoms with Crippen molar-refractivity contribution in [3.05, 3.63) is 46.2 Å². The first kappa shape index (κ1) is 49.8. The summed E-state index contributed by atoms with van der Waals surface area (Å²) in [6, 6.07) is 2.89. The van der Waals surface area contributed by atoms with Crippen molar-refractivity contribution in [3.63, 3.8) is 0 Å². The van der Waals surface area contributed by atoms with Gasteiger partial charge < -0.3 is 61.9 Å². The van der Waals surface area contributed by atoms with Crippen molar-refractivity contribution >= 4 is 29.6 Å². The summed E-state index contributed by atoms with van der Waals surface area (Å²) < 4.78 is 23.4. The van der Waals surface area contributed by atoms with E-state index < -0.39 is 12.0 Å². The minimum Gasteiger partial charge on any atom is -0.497 e. The molecule has 1 aromatic carbocycles. The number of aliphatic imine (C=N–C) groups is 1. The van der Waals surface area contributed by atoms with E-state index in [0.717, 1.165) is 70.2 Å².